The van der Waals surface area contributed by atoms with Crippen LogP contribution in [0.15, 0.2) is 30.5 Å². The molecule has 0 fully saturated rings. The second-order valence-electron chi connectivity index (χ2n) is 2.86. The van der Waals surface area contributed by atoms with E-state index in [4.69, 9.17) is 9.94 Å². The average Bonchev–Trinajstić information content (AvgIpc) is 2.27. The molecule has 0 saturated heterocycles. The Kier molecular flexibility index (Phi) is 2.20. The van der Waals surface area contributed by atoms with Gasteiger partial charge >= 0.3 is 0 Å². The molecule has 0 aliphatic rings. The maximum Gasteiger partial charge on any atom is 0.121 e. The zero-order valence-corrected chi connectivity index (χ0v) is 7.69. The van der Waals surface area contributed by atoms with Gasteiger partial charge in [0.25, 0.3) is 0 Å². The third kappa shape index (κ3) is 1.36. The third-order valence-corrected chi connectivity index (χ3v) is 2.03. The van der Waals surface area contributed by atoms with Crippen molar-refractivity contribution in [2.45, 2.75) is 0 Å². The second kappa shape index (κ2) is 3.51. The number of benzene rings is 1. The lowest BCUT2D eigenvalue weighted by molar-refractivity contribution is 0.387. The molecule has 0 aliphatic carbocycles. The lowest BCUT2D eigenvalue weighted by atomic mass is 10.2. The van der Waals surface area contributed by atoms with Crippen molar-refractivity contribution in [1.29, 1.82) is 0 Å². The van der Waals surface area contributed by atoms with Crippen molar-refractivity contribution in [3.8, 4) is 5.75 Å². The number of pyridine rings is 1. The first-order valence-corrected chi connectivity index (χ1v) is 4.18. The first kappa shape index (κ1) is 8.77. The highest BCUT2D eigenvalue weighted by atomic mass is 16.5. The van der Waals surface area contributed by atoms with Crippen LogP contribution in [-0.2, 0) is 0 Å². The predicted molar refractivity (Wildman–Crippen MR) is 53.7 cm³/mol. The molecule has 1 aromatic carbocycles. The Bertz CT molecular complexity index is 457. The summed E-state index contributed by atoms with van der Waals surface area (Å²) < 4.78 is 5.09. The van der Waals surface area contributed by atoms with E-state index in [0.717, 1.165) is 10.9 Å². The molecule has 4 nitrogen and oxygen atoms in total. The van der Waals surface area contributed by atoms with Crippen molar-refractivity contribution in [2.24, 2.45) is 0 Å². The van der Waals surface area contributed by atoms with Gasteiger partial charge in [-0.3, -0.25) is 15.7 Å². The molecular weight excluding hydrogens is 180 g/mol. The summed E-state index contributed by atoms with van der Waals surface area (Å²) in [6.07, 6.45) is 1.68. The fourth-order valence-corrected chi connectivity index (χ4v) is 1.37. The molecule has 1 heterocycles. The van der Waals surface area contributed by atoms with Crippen LogP contribution in [0.25, 0.3) is 10.9 Å². The number of methoxy groups -OCH3 is 1. The second-order valence-corrected chi connectivity index (χ2v) is 2.86. The SMILES string of the molecule is COc1cc(NO)c2ncccc2c1. The van der Waals surface area contributed by atoms with Gasteiger partial charge in [-0.2, -0.15) is 0 Å². The molecule has 2 aromatic rings. The van der Waals surface area contributed by atoms with Crippen molar-refractivity contribution >= 4 is 16.6 Å². The highest BCUT2D eigenvalue weighted by molar-refractivity contribution is 5.91. The first-order chi connectivity index (χ1) is 6.85. The molecule has 0 saturated carbocycles. The van der Waals surface area contributed by atoms with Crippen molar-refractivity contribution in [3.05, 3.63) is 30.5 Å². The summed E-state index contributed by atoms with van der Waals surface area (Å²) in [5.41, 5.74) is 3.36. The fourth-order valence-electron chi connectivity index (χ4n) is 1.37. The van der Waals surface area contributed by atoms with Crippen LogP contribution in [0, 0.1) is 0 Å². The van der Waals surface area contributed by atoms with Crippen LogP contribution >= 0.6 is 0 Å². The third-order valence-electron chi connectivity index (χ3n) is 2.03. The van der Waals surface area contributed by atoms with E-state index in [2.05, 4.69) is 10.5 Å². The van der Waals surface area contributed by atoms with Gasteiger partial charge in [-0.05, 0) is 12.1 Å². The Hall–Kier alpha value is -1.81. The molecule has 0 bridgehead atoms. The number of nitrogens with zero attached hydrogens (tertiary/aromatic N) is 1. The molecule has 0 atom stereocenters. The van der Waals surface area contributed by atoms with Crippen molar-refractivity contribution in [3.63, 3.8) is 0 Å². The number of nitrogens with one attached hydrogen (secondary N) is 1. The number of anilines is 1. The van der Waals surface area contributed by atoms with Gasteiger partial charge in [0.15, 0.2) is 0 Å². The van der Waals surface area contributed by atoms with Gasteiger partial charge in [0, 0.05) is 17.6 Å². The highest BCUT2D eigenvalue weighted by Crippen LogP contribution is 2.26. The summed E-state index contributed by atoms with van der Waals surface area (Å²) in [5, 5.41) is 9.83. The lowest BCUT2D eigenvalue weighted by Gasteiger charge is -2.06. The summed E-state index contributed by atoms with van der Waals surface area (Å²) in [6, 6.07) is 7.30. The van der Waals surface area contributed by atoms with Gasteiger partial charge in [0.1, 0.15) is 5.75 Å². The number of hydrogen-bond donors (Lipinski definition) is 2. The maximum atomic E-state index is 8.91. The monoisotopic (exact) mass is 190 g/mol. The molecule has 0 unspecified atom stereocenters. The Labute approximate surface area is 81.1 Å². The van der Waals surface area contributed by atoms with Crippen LogP contribution in [0.2, 0.25) is 0 Å². The van der Waals surface area contributed by atoms with Crippen LogP contribution in [0.4, 0.5) is 5.69 Å². The van der Waals surface area contributed by atoms with Gasteiger partial charge in [-0.25, -0.2) is 0 Å². The summed E-state index contributed by atoms with van der Waals surface area (Å²) in [4.78, 5) is 4.15. The summed E-state index contributed by atoms with van der Waals surface area (Å²) in [5.74, 6) is 0.682. The Balaban J connectivity index is 2.73. The fraction of sp³-hybridized carbons (Fsp3) is 0.100. The standard InChI is InChI=1S/C10H10N2O2/c1-14-8-5-7-3-2-4-11-10(7)9(6-8)12-13/h2-6,12-13H,1H3. The molecule has 2 N–H and O–H groups in total. The molecule has 1 aromatic heterocycles. The number of aromatic nitrogens is 1. The van der Waals surface area contributed by atoms with E-state index in [-0.39, 0.29) is 0 Å². The molecule has 14 heavy (non-hydrogen) atoms. The maximum absolute atomic E-state index is 8.91. The Morgan fingerprint density at radius 1 is 1.43 bits per heavy atom. The molecule has 72 valence electrons. The summed E-state index contributed by atoms with van der Waals surface area (Å²) >= 11 is 0. The van der Waals surface area contributed by atoms with Crippen LogP contribution in [-0.4, -0.2) is 17.3 Å². The normalized spacial score (nSPS) is 10.1. The molecule has 4 heteroatoms. The minimum Gasteiger partial charge on any atom is -0.497 e. The van der Waals surface area contributed by atoms with E-state index < -0.39 is 0 Å². The molecule has 0 aliphatic heterocycles. The smallest absolute Gasteiger partial charge is 0.121 e. The van der Waals surface area contributed by atoms with Crippen LogP contribution < -0.4 is 10.2 Å². The number of ether oxygens (including phenoxy) is 1. The van der Waals surface area contributed by atoms with E-state index in [0.29, 0.717) is 11.4 Å². The molecule has 0 spiro atoms. The summed E-state index contributed by atoms with van der Waals surface area (Å²) in [6.45, 7) is 0. The highest BCUT2D eigenvalue weighted by Gasteiger charge is 2.03. The van der Waals surface area contributed by atoms with Crippen molar-refractivity contribution < 1.29 is 9.94 Å². The van der Waals surface area contributed by atoms with Gasteiger partial charge in [-0.15, -0.1) is 0 Å². The molecule has 2 rings (SSSR count). The zero-order chi connectivity index (χ0) is 9.97. The minimum absolute atomic E-state index is 0.542. The van der Waals surface area contributed by atoms with Gasteiger partial charge in [0.2, 0.25) is 0 Å². The largest absolute Gasteiger partial charge is 0.497 e. The number of rotatable bonds is 2. The van der Waals surface area contributed by atoms with Crippen LogP contribution in [0.3, 0.4) is 0 Å². The average molecular weight is 190 g/mol. The molecule has 0 amide bonds. The van der Waals surface area contributed by atoms with Gasteiger partial charge < -0.3 is 4.74 Å². The molecular formula is C10H10N2O2. The van der Waals surface area contributed by atoms with Crippen LogP contribution in [0.1, 0.15) is 0 Å². The Morgan fingerprint density at radius 2 is 2.29 bits per heavy atom. The Morgan fingerprint density at radius 3 is 3.00 bits per heavy atom. The summed E-state index contributed by atoms with van der Waals surface area (Å²) in [7, 11) is 1.58. The lowest BCUT2D eigenvalue weighted by Crippen LogP contribution is -1.93. The van der Waals surface area contributed by atoms with E-state index in [1.165, 1.54) is 0 Å². The minimum atomic E-state index is 0.542. The quantitative estimate of drug-likeness (QED) is 0.711. The first-order valence-electron chi connectivity index (χ1n) is 4.18. The number of fused-ring (bicyclic) bond motifs is 1. The zero-order valence-electron chi connectivity index (χ0n) is 7.69. The molecule has 0 radical (unpaired) electrons. The van der Waals surface area contributed by atoms with E-state index in [9.17, 15) is 0 Å². The van der Waals surface area contributed by atoms with Gasteiger partial charge in [-0.1, -0.05) is 6.07 Å². The van der Waals surface area contributed by atoms with Gasteiger partial charge in [0.05, 0.1) is 18.3 Å². The van der Waals surface area contributed by atoms with Crippen LogP contribution in [0.5, 0.6) is 5.75 Å². The van der Waals surface area contributed by atoms with E-state index in [1.807, 2.05) is 18.2 Å². The van der Waals surface area contributed by atoms with Crippen molar-refractivity contribution in [1.82, 2.24) is 4.98 Å². The van der Waals surface area contributed by atoms with Crippen molar-refractivity contribution in [2.75, 3.05) is 12.6 Å². The number of hydrogen-bond acceptors (Lipinski definition) is 4. The predicted octanol–water partition coefficient (Wildman–Crippen LogP) is 2.04. The van der Waals surface area contributed by atoms with E-state index >= 15 is 0 Å². The topological polar surface area (TPSA) is 54.4 Å². The van der Waals surface area contributed by atoms with E-state index in [1.54, 1.807) is 19.4 Å².